The minimum Gasteiger partial charge on any atom is -0.369 e. The van der Waals surface area contributed by atoms with Crippen LogP contribution in [0.2, 0.25) is 0 Å². The van der Waals surface area contributed by atoms with Gasteiger partial charge in [-0.1, -0.05) is 0 Å². The number of likely N-dealkylation sites (tertiary alicyclic amines) is 1. The Hall–Kier alpha value is -0.610. The van der Waals surface area contributed by atoms with Crippen LogP contribution in [0, 0.1) is 5.92 Å². The average molecular weight is 183 g/mol. The number of fused-ring (bicyclic) bond motifs is 1. The highest BCUT2D eigenvalue weighted by Gasteiger charge is 2.35. The van der Waals surface area contributed by atoms with Crippen LogP contribution in [0.4, 0.5) is 0 Å². The molecule has 0 spiro atoms. The molecule has 2 atom stereocenters. The fraction of sp³-hybridized carbons (Fsp3) is 0.889. The zero-order chi connectivity index (χ0) is 9.26. The summed E-state index contributed by atoms with van der Waals surface area (Å²) in [6.45, 7) is 3.60. The van der Waals surface area contributed by atoms with E-state index in [1.807, 2.05) is 0 Å². The van der Waals surface area contributed by atoms with Gasteiger partial charge in [0.05, 0.1) is 6.54 Å². The number of amides is 1. The molecular formula is C9H17N3O. The molecule has 0 aromatic heterocycles. The van der Waals surface area contributed by atoms with Crippen molar-refractivity contribution >= 4 is 5.91 Å². The van der Waals surface area contributed by atoms with Crippen LogP contribution in [0.25, 0.3) is 0 Å². The molecular weight excluding hydrogens is 166 g/mol. The van der Waals surface area contributed by atoms with E-state index in [9.17, 15) is 4.79 Å². The lowest BCUT2D eigenvalue weighted by molar-refractivity contribution is -0.120. The standard InChI is InChI=1S/C9H17N3O/c10-9(13)6-12-3-1-2-7-4-11-5-8(7)12/h7-8,11H,1-6H2,(H2,10,13). The highest BCUT2D eigenvalue weighted by Crippen LogP contribution is 2.25. The molecule has 0 radical (unpaired) electrons. The fourth-order valence-corrected chi connectivity index (χ4v) is 2.56. The molecule has 4 nitrogen and oxygen atoms in total. The topological polar surface area (TPSA) is 58.4 Å². The molecule has 0 aromatic rings. The van der Waals surface area contributed by atoms with Gasteiger partial charge in [-0.15, -0.1) is 0 Å². The van der Waals surface area contributed by atoms with Gasteiger partial charge in [-0.3, -0.25) is 9.69 Å². The Bertz CT molecular complexity index is 207. The molecule has 2 aliphatic rings. The predicted octanol–water partition coefficient (Wildman–Crippen LogP) is -0.844. The molecule has 2 fully saturated rings. The number of nitrogens with zero attached hydrogens (tertiary/aromatic N) is 1. The number of nitrogens with one attached hydrogen (secondary N) is 1. The van der Waals surface area contributed by atoms with E-state index < -0.39 is 0 Å². The Balaban J connectivity index is 1.97. The highest BCUT2D eigenvalue weighted by atomic mass is 16.1. The summed E-state index contributed by atoms with van der Waals surface area (Å²) in [5.41, 5.74) is 5.21. The van der Waals surface area contributed by atoms with Crippen molar-refractivity contribution in [1.29, 1.82) is 0 Å². The average Bonchev–Trinajstić information content (AvgIpc) is 2.51. The van der Waals surface area contributed by atoms with E-state index in [1.54, 1.807) is 0 Å². The lowest BCUT2D eigenvalue weighted by Crippen LogP contribution is -2.48. The molecule has 0 aromatic carbocycles. The highest BCUT2D eigenvalue weighted by molar-refractivity contribution is 5.76. The maximum atomic E-state index is 10.8. The summed E-state index contributed by atoms with van der Waals surface area (Å²) in [6.07, 6.45) is 2.50. The van der Waals surface area contributed by atoms with Crippen molar-refractivity contribution < 1.29 is 4.79 Å². The minimum absolute atomic E-state index is 0.201. The van der Waals surface area contributed by atoms with Crippen LogP contribution in [0.5, 0.6) is 0 Å². The van der Waals surface area contributed by atoms with E-state index in [0.717, 1.165) is 25.6 Å². The maximum absolute atomic E-state index is 10.8. The van der Waals surface area contributed by atoms with Crippen molar-refractivity contribution in [3.8, 4) is 0 Å². The van der Waals surface area contributed by atoms with E-state index >= 15 is 0 Å². The SMILES string of the molecule is NC(=O)CN1CCCC2CNCC21. The molecule has 2 heterocycles. The number of piperidine rings is 1. The second-order valence-corrected chi connectivity index (χ2v) is 4.06. The first kappa shape index (κ1) is 8.97. The first-order valence-corrected chi connectivity index (χ1v) is 5.00. The number of carbonyl (C=O) groups is 1. The number of hydrogen-bond acceptors (Lipinski definition) is 3. The Kier molecular flexibility index (Phi) is 2.51. The number of rotatable bonds is 2. The molecule has 13 heavy (non-hydrogen) atoms. The molecule has 2 saturated heterocycles. The molecule has 0 aliphatic carbocycles. The number of hydrogen-bond donors (Lipinski definition) is 2. The van der Waals surface area contributed by atoms with E-state index in [4.69, 9.17) is 5.73 Å². The predicted molar refractivity (Wildman–Crippen MR) is 50.1 cm³/mol. The molecule has 0 saturated carbocycles. The lowest BCUT2D eigenvalue weighted by atomic mass is 9.92. The Morgan fingerprint density at radius 2 is 2.38 bits per heavy atom. The summed E-state index contributed by atoms with van der Waals surface area (Å²) in [6, 6.07) is 0.557. The zero-order valence-electron chi connectivity index (χ0n) is 7.83. The van der Waals surface area contributed by atoms with Crippen molar-refractivity contribution in [3.05, 3.63) is 0 Å². The summed E-state index contributed by atoms with van der Waals surface area (Å²) in [7, 11) is 0. The van der Waals surface area contributed by atoms with Gasteiger partial charge in [0.25, 0.3) is 0 Å². The van der Waals surface area contributed by atoms with Gasteiger partial charge in [0.2, 0.25) is 5.91 Å². The van der Waals surface area contributed by atoms with Gasteiger partial charge >= 0.3 is 0 Å². The first-order valence-electron chi connectivity index (χ1n) is 5.00. The molecule has 2 unspecified atom stereocenters. The smallest absolute Gasteiger partial charge is 0.231 e. The molecule has 1 amide bonds. The second-order valence-electron chi connectivity index (χ2n) is 4.06. The first-order chi connectivity index (χ1) is 6.27. The van der Waals surface area contributed by atoms with E-state index in [-0.39, 0.29) is 5.91 Å². The Morgan fingerprint density at radius 1 is 1.54 bits per heavy atom. The van der Waals surface area contributed by atoms with E-state index in [2.05, 4.69) is 10.2 Å². The van der Waals surface area contributed by atoms with Crippen molar-refractivity contribution in [3.63, 3.8) is 0 Å². The third-order valence-electron chi connectivity index (χ3n) is 3.15. The molecule has 0 bridgehead atoms. The van der Waals surface area contributed by atoms with Gasteiger partial charge < -0.3 is 11.1 Å². The van der Waals surface area contributed by atoms with Gasteiger partial charge in [-0.2, -0.15) is 0 Å². The van der Waals surface area contributed by atoms with Crippen LogP contribution < -0.4 is 11.1 Å². The third kappa shape index (κ3) is 1.84. The van der Waals surface area contributed by atoms with Gasteiger partial charge in [0.15, 0.2) is 0 Å². The molecule has 4 heteroatoms. The number of nitrogens with two attached hydrogens (primary N) is 1. The summed E-state index contributed by atoms with van der Waals surface area (Å²) in [4.78, 5) is 13.0. The van der Waals surface area contributed by atoms with Gasteiger partial charge in [-0.25, -0.2) is 0 Å². The van der Waals surface area contributed by atoms with Crippen LogP contribution in [0.1, 0.15) is 12.8 Å². The van der Waals surface area contributed by atoms with Gasteiger partial charge in [-0.05, 0) is 31.8 Å². The van der Waals surface area contributed by atoms with E-state index in [0.29, 0.717) is 12.6 Å². The Morgan fingerprint density at radius 3 is 3.15 bits per heavy atom. The summed E-state index contributed by atoms with van der Waals surface area (Å²) < 4.78 is 0. The minimum atomic E-state index is -0.201. The van der Waals surface area contributed by atoms with Crippen LogP contribution in [-0.2, 0) is 4.79 Å². The Labute approximate surface area is 78.5 Å². The summed E-state index contributed by atoms with van der Waals surface area (Å²) in [5.74, 6) is 0.542. The van der Waals surface area contributed by atoms with E-state index in [1.165, 1.54) is 12.8 Å². The second kappa shape index (κ2) is 3.64. The normalized spacial score (nSPS) is 34.5. The number of primary amides is 1. The van der Waals surface area contributed by atoms with Crippen LogP contribution in [0.3, 0.4) is 0 Å². The van der Waals surface area contributed by atoms with Crippen molar-refractivity contribution in [1.82, 2.24) is 10.2 Å². The molecule has 74 valence electrons. The van der Waals surface area contributed by atoms with Gasteiger partial charge in [0.1, 0.15) is 0 Å². The van der Waals surface area contributed by atoms with Crippen molar-refractivity contribution in [2.75, 3.05) is 26.2 Å². The summed E-state index contributed by atoms with van der Waals surface area (Å²) >= 11 is 0. The fourth-order valence-electron chi connectivity index (χ4n) is 2.56. The molecule has 3 N–H and O–H groups in total. The monoisotopic (exact) mass is 183 g/mol. The van der Waals surface area contributed by atoms with Crippen LogP contribution in [0.15, 0.2) is 0 Å². The quantitative estimate of drug-likeness (QED) is 0.586. The zero-order valence-corrected chi connectivity index (χ0v) is 7.83. The third-order valence-corrected chi connectivity index (χ3v) is 3.15. The largest absolute Gasteiger partial charge is 0.369 e. The van der Waals surface area contributed by atoms with Crippen molar-refractivity contribution in [2.45, 2.75) is 18.9 Å². The summed E-state index contributed by atoms with van der Waals surface area (Å²) in [5, 5.41) is 3.37. The van der Waals surface area contributed by atoms with Gasteiger partial charge in [0, 0.05) is 12.6 Å². The maximum Gasteiger partial charge on any atom is 0.231 e. The molecule has 2 aliphatic heterocycles. The number of carbonyl (C=O) groups excluding carboxylic acids is 1. The lowest BCUT2D eigenvalue weighted by Gasteiger charge is -2.36. The van der Waals surface area contributed by atoms with Crippen LogP contribution in [-0.4, -0.2) is 43.0 Å². The molecule has 2 rings (SSSR count). The van der Waals surface area contributed by atoms with Crippen molar-refractivity contribution in [2.24, 2.45) is 11.7 Å². The van der Waals surface area contributed by atoms with Crippen LogP contribution >= 0.6 is 0 Å².